The van der Waals surface area contributed by atoms with E-state index >= 15 is 0 Å². The van der Waals surface area contributed by atoms with E-state index in [1.165, 1.54) is 0 Å². The topological polar surface area (TPSA) is 53.4 Å². The van der Waals surface area contributed by atoms with Crippen LogP contribution in [0.5, 0.6) is 0 Å². The van der Waals surface area contributed by atoms with Gasteiger partial charge in [0, 0.05) is 19.7 Å². The predicted octanol–water partition coefficient (Wildman–Crippen LogP) is 2.23. The number of rotatable bonds is 2. The first-order chi connectivity index (χ1) is 8.61. The number of aliphatic hydroxyl groups is 1. The van der Waals surface area contributed by atoms with Gasteiger partial charge in [0.15, 0.2) is 0 Å². The van der Waals surface area contributed by atoms with Gasteiger partial charge in [-0.1, -0.05) is 23.2 Å². The van der Waals surface area contributed by atoms with Crippen molar-refractivity contribution < 1.29 is 9.90 Å². The van der Waals surface area contributed by atoms with Gasteiger partial charge in [0.1, 0.15) is 10.8 Å². The van der Waals surface area contributed by atoms with E-state index in [9.17, 15) is 4.79 Å². The first-order valence-electron chi connectivity index (χ1n) is 5.84. The molecule has 2 rings (SSSR count). The number of aliphatic hydroxyl groups excluding tert-OH is 1. The van der Waals surface area contributed by atoms with Gasteiger partial charge in [0.05, 0.1) is 5.02 Å². The molecule has 98 valence electrons. The van der Waals surface area contributed by atoms with Gasteiger partial charge in [-0.25, -0.2) is 4.98 Å². The highest BCUT2D eigenvalue weighted by atomic mass is 35.5. The lowest BCUT2D eigenvalue weighted by Gasteiger charge is -2.31. The molecule has 0 bridgehead atoms. The van der Waals surface area contributed by atoms with Crippen molar-refractivity contribution in [3.8, 4) is 0 Å². The second-order valence-electron chi connectivity index (χ2n) is 4.41. The lowest BCUT2D eigenvalue weighted by Crippen LogP contribution is -2.41. The minimum Gasteiger partial charge on any atom is -0.396 e. The second-order valence-corrected chi connectivity index (χ2v) is 5.20. The third-order valence-corrected chi connectivity index (χ3v) is 3.59. The van der Waals surface area contributed by atoms with E-state index in [1.807, 2.05) is 0 Å². The Bertz CT molecular complexity index is 454. The van der Waals surface area contributed by atoms with Crippen LogP contribution in [0, 0.1) is 5.92 Å². The van der Waals surface area contributed by atoms with Crippen LogP contribution >= 0.6 is 23.2 Å². The fourth-order valence-electron chi connectivity index (χ4n) is 2.12. The van der Waals surface area contributed by atoms with Crippen LogP contribution < -0.4 is 0 Å². The van der Waals surface area contributed by atoms with E-state index < -0.39 is 0 Å². The summed E-state index contributed by atoms with van der Waals surface area (Å²) in [4.78, 5) is 17.9. The van der Waals surface area contributed by atoms with Gasteiger partial charge in [-0.15, -0.1) is 0 Å². The standard InChI is InChI=1S/C12H14Cl2N2O2/c13-9-3-4-10(14)15-11(9)12(18)16-5-1-2-8(6-16)7-17/h3-4,8,17H,1-2,5-7H2. The van der Waals surface area contributed by atoms with Crippen LogP contribution in [0.25, 0.3) is 0 Å². The van der Waals surface area contributed by atoms with E-state index in [0.717, 1.165) is 12.8 Å². The molecule has 1 aromatic rings. The number of halogens is 2. The molecular formula is C12H14Cl2N2O2. The number of amides is 1. The summed E-state index contributed by atoms with van der Waals surface area (Å²) in [5.74, 6) is -0.0821. The molecule has 18 heavy (non-hydrogen) atoms. The van der Waals surface area contributed by atoms with Crippen molar-refractivity contribution in [3.05, 3.63) is 28.0 Å². The fraction of sp³-hybridized carbons (Fsp3) is 0.500. The van der Waals surface area contributed by atoms with Crippen LogP contribution in [0.1, 0.15) is 23.3 Å². The second kappa shape index (κ2) is 5.87. The number of pyridine rings is 1. The molecular weight excluding hydrogens is 275 g/mol. The number of likely N-dealkylation sites (tertiary alicyclic amines) is 1. The molecule has 2 heterocycles. The van der Waals surface area contributed by atoms with E-state index in [1.54, 1.807) is 17.0 Å². The maximum Gasteiger partial charge on any atom is 0.274 e. The zero-order valence-corrected chi connectivity index (χ0v) is 11.3. The molecule has 1 amide bonds. The molecule has 1 saturated heterocycles. The summed E-state index contributed by atoms with van der Waals surface area (Å²) in [7, 11) is 0. The van der Waals surface area contributed by atoms with Crippen LogP contribution in [0.3, 0.4) is 0 Å². The van der Waals surface area contributed by atoms with Crippen molar-refractivity contribution >= 4 is 29.1 Å². The van der Waals surface area contributed by atoms with Gasteiger partial charge in [-0.2, -0.15) is 0 Å². The number of hydrogen-bond donors (Lipinski definition) is 1. The van der Waals surface area contributed by atoms with Crippen LogP contribution in [0.4, 0.5) is 0 Å². The minimum atomic E-state index is -0.222. The van der Waals surface area contributed by atoms with Gasteiger partial charge in [0.2, 0.25) is 0 Å². The molecule has 0 saturated carbocycles. The molecule has 1 aliphatic rings. The number of piperidine rings is 1. The molecule has 0 spiro atoms. The highest BCUT2D eigenvalue weighted by Gasteiger charge is 2.26. The molecule has 4 nitrogen and oxygen atoms in total. The fourth-order valence-corrected chi connectivity index (χ4v) is 2.45. The number of hydrogen-bond acceptors (Lipinski definition) is 3. The summed E-state index contributed by atoms with van der Waals surface area (Å²) in [6.45, 7) is 1.31. The molecule has 0 aromatic carbocycles. The van der Waals surface area contributed by atoms with Crippen LogP contribution in [-0.2, 0) is 0 Å². The molecule has 1 unspecified atom stereocenters. The van der Waals surface area contributed by atoms with Crippen LogP contribution in [0.15, 0.2) is 12.1 Å². The first kappa shape index (κ1) is 13.6. The van der Waals surface area contributed by atoms with Gasteiger partial charge >= 0.3 is 0 Å². The highest BCUT2D eigenvalue weighted by molar-refractivity contribution is 6.34. The number of carbonyl (C=O) groups excluding carboxylic acids is 1. The Morgan fingerprint density at radius 2 is 2.28 bits per heavy atom. The highest BCUT2D eigenvalue weighted by Crippen LogP contribution is 2.22. The van der Waals surface area contributed by atoms with Crippen molar-refractivity contribution in [2.24, 2.45) is 5.92 Å². The summed E-state index contributed by atoms with van der Waals surface area (Å²) >= 11 is 11.7. The zero-order chi connectivity index (χ0) is 13.1. The van der Waals surface area contributed by atoms with Crippen molar-refractivity contribution in [2.45, 2.75) is 12.8 Å². The Balaban J connectivity index is 2.17. The average molecular weight is 289 g/mol. The normalized spacial score (nSPS) is 19.9. The summed E-state index contributed by atoms with van der Waals surface area (Å²) in [5.41, 5.74) is 0.183. The van der Waals surface area contributed by atoms with Crippen molar-refractivity contribution in [2.75, 3.05) is 19.7 Å². The molecule has 0 radical (unpaired) electrons. The SMILES string of the molecule is O=C(c1nc(Cl)ccc1Cl)N1CCCC(CO)C1. The third kappa shape index (κ3) is 2.94. The Morgan fingerprint density at radius 1 is 1.50 bits per heavy atom. The van der Waals surface area contributed by atoms with E-state index in [4.69, 9.17) is 28.3 Å². The molecule has 1 N–H and O–H groups in total. The van der Waals surface area contributed by atoms with Gasteiger partial charge in [-0.05, 0) is 30.9 Å². The molecule has 6 heteroatoms. The summed E-state index contributed by atoms with van der Waals surface area (Å²) in [6.07, 6.45) is 1.83. The van der Waals surface area contributed by atoms with E-state index in [2.05, 4.69) is 4.98 Å². The molecule has 1 aliphatic heterocycles. The summed E-state index contributed by atoms with van der Waals surface area (Å²) in [6, 6.07) is 3.12. The third-order valence-electron chi connectivity index (χ3n) is 3.08. The molecule has 1 atom stereocenters. The van der Waals surface area contributed by atoms with Crippen LogP contribution in [-0.4, -0.2) is 40.6 Å². The predicted molar refractivity (Wildman–Crippen MR) is 70.0 cm³/mol. The van der Waals surface area contributed by atoms with Crippen molar-refractivity contribution in [1.29, 1.82) is 0 Å². The smallest absolute Gasteiger partial charge is 0.274 e. The Hall–Kier alpha value is -0.840. The van der Waals surface area contributed by atoms with Gasteiger partial charge < -0.3 is 10.0 Å². The monoisotopic (exact) mass is 288 g/mol. The Labute approximate surface area is 116 Å². The Morgan fingerprint density at radius 3 is 3.00 bits per heavy atom. The lowest BCUT2D eigenvalue weighted by atomic mass is 9.99. The van der Waals surface area contributed by atoms with Crippen molar-refractivity contribution in [1.82, 2.24) is 9.88 Å². The lowest BCUT2D eigenvalue weighted by molar-refractivity contribution is 0.0615. The first-order valence-corrected chi connectivity index (χ1v) is 6.59. The summed E-state index contributed by atoms with van der Waals surface area (Å²) < 4.78 is 0. The largest absolute Gasteiger partial charge is 0.396 e. The Kier molecular flexibility index (Phi) is 4.43. The number of nitrogens with zero attached hydrogens (tertiary/aromatic N) is 2. The molecule has 0 aliphatic carbocycles. The van der Waals surface area contributed by atoms with E-state index in [0.29, 0.717) is 18.1 Å². The number of carbonyl (C=O) groups is 1. The van der Waals surface area contributed by atoms with Gasteiger partial charge in [0.25, 0.3) is 5.91 Å². The number of aromatic nitrogens is 1. The molecule has 1 aromatic heterocycles. The maximum absolute atomic E-state index is 12.3. The maximum atomic E-state index is 12.3. The van der Waals surface area contributed by atoms with Crippen LogP contribution in [0.2, 0.25) is 10.2 Å². The quantitative estimate of drug-likeness (QED) is 0.849. The van der Waals surface area contributed by atoms with E-state index in [-0.39, 0.29) is 29.3 Å². The average Bonchev–Trinajstić information content (AvgIpc) is 2.41. The zero-order valence-electron chi connectivity index (χ0n) is 9.77. The van der Waals surface area contributed by atoms with Crippen molar-refractivity contribution in [3.63, 3.8) is 0 Å². The minimum absolute atomic E-state index is 0.0977. The molecule has 1 fully saturated rings. The van der Waals surface area contributed by atoms with Gasteiger partial charge in [-0.3, -0.25) is 4.79 Å². The summed E-state index contributed by atoms with van der Waals surface area (Å²) in [5, 5.41) is 9.71.